The molecule has 2 N–H and O–H groups in total. The number of halogens is 2. The molecule has 2 fully saturated rings. The largest absolute Gasteiger partial charge is 0.347 e. The Labute approximate surface area is 187 Å². The Balaban J connectivity index is 1.61. The lowest BCUT2D eigenvalue weighted by Crippen LogP contribution is -2.42. The molecule has 4 rings (SSSR count). The Hall–Kier alpha value is -2.52. The molecule has 1 unspecified atom stereocenters. The Kier molecular flexibility index (Phi) is 6.22. The van der Waals surface area contributed by atoms with Gasteiger partial charge in [0.15, 0.2) is 0 Å². The summed E-state index contributed by atoms with van der Waals surface area (Å²) < 4.78 is 54.1. The molecule has 1 aliphatic heterocycles. The van der Waals surface area contributed by atoms with Crippen molar-refractivity contribution in [3.05, 3.63) is 65.2 Å². The second kappa shape index (κ2) is 8.78. The number of rotatable bonds is 8. The number of amides is 1. The van der Waals surface area contributed by atoms with E-state index in [4.69, 9.17) is 0 Å². The van der Waals surface area contributed by atoms with Crippen molar-refractivity contribution in [2.75, 3.05) is 30.6 Å². The molecule has 1 saturated carbocycles. The Morgan fingerprint density at radius 2 is 1.75 bits per heavy atom. The third-order valence-electron chi connectivity index (χ3n) is 6.20. The Morgan fingerprint density at radius 3 is 2.34 bits per heavy atom. The summed E-state index contributed by atoms with van der Waals surface area (Å²) in [6.07, 6.45) is 3.94. The van der Waals surface area contributed by atoms with Gasteiger partial charge in [-0.05, 0) is 50.4 Å². The van der Waals surface area contributed by atoms with Crippen molar-refractivity contribution in [1.29, 1.82) is 0 Å². The summed E-state index contributed by atoms with van der Waals surface area (Å²) in [6, 6.07) is 11.1. The third kappa shape index (κ3) is 4.94. The quantitative estimate of drug-likeness (QED) is 0.630. The first-order valence-electron chi connectivity index (χ1n) is 10.7. The van der Waals surface area contributed by atoms with Crippen LogP contribution in [0.3, 0.4) is 0 Å². The van der Waals surface area contributed by atoms with E-state index in [0.717, 1.165) is 43.8 Å². The average Bonchev–Trinajstić information content (AvgIpc) is 3.38. The van der Waals surface area contributed by atoms with Gasteiger partial charge in [0.25, 0.3) is 0 Å². The number of carbonyl (C=O) groups is 1. The molecule has 1 amide bonds. The number of carbonyl (C=O) groups excluding carboxylic acids is 1. The molecule has 1 atom stereocenters. The van der Waals surface area contributed by atoms with Gasteiger partial charge in [-0.3, -0.25) is 9.52 Å². The summed E-state index contributed by atoms with van der Waals surface area (Å²) >= 11 is 0. The highest BCUT2D eigenvalue weighted by Crippen LogP contribution is 2.50. The molecule has 1 saturated heterocycles. The van der Waals surface area contributed by atoms with Gasteiger partial charge in [0.1, 0.15) is 11.6 Å². The first kappa shape index (κ1) is 22.7. The van der Waals surface area contributed by atoms with Crippen LogP contribution in [-0.2, 0) is 20.2 Å². The number of anilines is 1. The zero-order valence-corrected chi connectivity index (χ0v) is 18.7. The fraction of sp³-hybridized carbons (Fsp3) is 0.435. The Bertz CT molecular complexity index is 1100. The minimum atomic E-state index is -3.76. The fourth-order valence-electron chi connectivity index (χ4n) is 4.38. The molecule has 0 bridgehead atoms. The topological polar surface area (TPSA) is 78.5 Å². The summed E-state index contributed by atoms with van der Waals surface area (Å²) in [4.78, 5) is 15.7. The highest BCUT2D eigenvalue weighted by Gasteiger charge is 2.53. The van der Waals surface area contributed by atoms with Crippen molar-refractivity contribution in [2.45, 2.75) is 37.1 Å². The number of nitrogens with zero attached hydrogens (tertiary/aromatic N) is 1. The predicted molar refractivity (Wildman–Crippen MR) is 119 cm³/mol. The molecule has 172 valence electrons. The second-order valence-corrected chi connectivity index (χ2v) is 10.5. The smallest absolute Gasteiger partial charge is 0.231 e. The van der Waals surface area contributed by atoms with Crippen LogP contribution in [0.4, 0.5) is 14.5 Å². The monoisotopic (exact) mass is 463 g/mol. The van der Waals surface area contributed by atoms with Crippen LogP contribution in [0.5, 0.6) is 0 Å². The fourth-order valence-corrected chi connectivity index (χ4v) is 4.93. The van der Waals surface area contributed by atoms with Crippen molar-refractivity contribution in [3.8, 4) is 0 Å². The van der Waals surface area contributed by atoms with Crippen molar-refractivity contribution >= 4 is 21.6 Å². The van der Waals surface area contributed by atoms with E-state index in [-0.39, 0.29) is 23.2 Å². The van der Waals surface area contributed by atoms with Gasteiger partial charge < -0.3 is 10.2 Å². The SMILES string of the molecule is CS(=O)(=O)Nc1cc(C2(C(=O)NC(CN3CCCC3)c3ccccc3)CC2)c(F)cc1F. The molecule has 0 radical (unpaired) electrons. The van der Waals surface area contributed by atoms with Gasteiger partial charge in [-0.15, -0.1) is 0 Å². The molecular formula is C23H27F2N3O3S. The van der Waals surface area contributed by atoms with E-state index in [0.29, 0.717) is 25.5 Å². The summed E-state index contributed by atoms with van der Waals surface area (Å²) in [5, 5.41) is 3.09. The molecule has 6 nitrogen and oxygen atoms in total. The minimum Gasteiger partial charge on any atom is -0.347 e. The van der Waals surface area contributed by atoms with E-state index in [1.54, 1.807) is 0 Å². The first-order valence-corrected chi connectivity index (χ1v) is 12.6. The maximum absolute atomic E-state index is 14.7. The minimum absolute atomic E-state index is 0.00975. The number of sulfonamides is 1. The standard InChI is InChI=1S/C23H27F2N3O3S/c1-32(30,31)27-20-13-17(18(24)14-19(20)25)23(9-10-23)22(29)26-21(15-28-11-5-6-12-28)16-7-3-2-4-8-16/h2-4,7-8,13-14,21,27H,5-6,9-12,15H2,1H3,(H,26,29). The zero-order chi connectivity index (χ0) is 22.9. The lowest BCUT2D eigenvalue weighted by atomic mass is 9.92. The lowest BCUT2D eigenvalue weighted by Gasteiger charge is -2.27. The summed E-state index contributed by atoms with van der Waals surface area (Å²) in [5.74, 6) is -2.21. The highest BCUT2D eigenvalue weighted by atomic mass is 32.2. The van der Waals surface area contributed by atoms with Crippen LogP contribution in [0, 0.1) is 11.6 Å². The molecule has 9 heteroatoms. The second-order valence-electron chi connectivity index (χ2n) is 8.71. The van der Waals surface area contributed by atoms with Gasteiger partial charge in [-0.2, -0.15) is 0 Å². The molecule has 0 aromatic heterocycles. The number of benzene rings is 2. The van der Waals surface area contributed by atoms with E-state index >= 15 is 0 Å². The molecule has 2 aliphatic rings. The van der Waals surface area contributed by atoms with Crippen LogP contribution < -0.4 is 10.0 Å². The van der Waals surface area contributed by atoms with Gasteiger partial charge in [-0.25, -0.2) is 17.2 Å². The summed E-state index contributed by atoms with van der Waals surface area (Å²) in [5.41, 5.74) is -0.526. The summed E-state index contributed by atoms with van der Waals surface area (Å²) in [6.45, 7) is 2.59. The van der Waals surface area contributed by atoms with E-state index in [9.17, 15) is 22.0 Å². The maximum atomic E-state index is 14.7. The van der Waals surface area contributed by atoms with Gasteiger partial charge in [0.05, 0.1) is 23.4 Å². The molecule has 1 heterocycles. The van der Waals surface area contributed by atoms with Crippen molar-refractivity contribution < 1.29 is 22.0 Å². The molecular weight excluding hydrogens is 436 g/mol. The number of likely N-dealkylation sites (tertiary alicyclic amines) is 1. The Morgan fingerprint density at radius 1 is 1.09 bits per heavy atom. The van der Waals surface area contributed by atoms with Crippen LogP contribution in [0.2, 0.25) is 0 Å². The third-order valence-corrected chi connectivity index (χ3v) is 6.79. The van der Waals surface area contributed by atoms with Crippen LogP contribution in [0.15, 0.2) is 42.5 Å². The predicted octanol–water partition coefficient (Wildman–Crippen LogP) is 3.32. The molecule has 32 heavy (non-hydrogen) atoms. The van der Waals surface area contributed by atoms with E-state index in [1.165, 1.54) is 0 Å². The lowest BCUT2D eigenvalue weighted by molar-refractivity contribution is -0.124. The van der Waals surface area contributed by atoms with Gasteiger partial charge in [0.2, 0.25) is 15.9 Å². The van der Waals surface area contributed by atoms with Crippen LogP contribution in [0.25, 0.3) is 0 Å². The first-order chi connectivity index (χ1) is 15.2. The maximum Gasteiger partial charge on any atom is 0.231 e. The number of hydrogen-bond donors (Lipinski definition) is 2. The zero-order valence-electron chi connectivity index (χ0n) is 17.9. The number of hydrogen-bond acceptors (Lipinski definition) is 4. The van der Waals surface area contributed by atoms with Gasteiger partial charge in [-0.1, -0.05) is 30.3 Å². The summed E-state index contributed by atoms with van der Waals surface area (Å²) in [7, 11) is -3.76. The van der Waals surface area contributed by atoms with Crippen LogP contribution in [-0.4, -0.2) is 45.1 Å². The molecule has 0 spiro atoms. The molecule has 2 aromatic carbocycles. The highest BCUT2D eigenvalue weighted by molar-refractivity contribution is 7.92. The van der Waals surface area contributed by atoms with Crippen molar-refractivity contribution in [1.82, 2.24) is 10.2 Å². The molecule has 1 aliphatic carbocycles. The number of nitrogens with one attached hydrogen (secondary N) is 2. The van der Waals surface area contributed by atoms with Gasteiger partial charge in [0, 0.05) is 18.2 Å². The normalized spacial score (nSPS) is 18.8. The van der Waals surface area contributed by atoms with Crippen molar-refractivity contribution in [3.63, 3.8) is 0 Å². The van der Waals surface area contributed by atoms with Gasteiger partial charge >= 0.3 is 0 Å². The van der Waals surface area contributed by atoms with Crippen LogP contribution in [0.1, 0.15) is 42.9 Å². The average molecular weight is 464 g/mol. The molecule has 2 aromatic rings. The van der Waals surface area contributed by atoms with E-state index < -0.39 is 27.1 Å². The van der Waals surface area contributed by atoms with E-state index in [1.807, 2.05) is 30.3 Å². The van der Waals surface area contributed by atoms with E-state index in [2.05, 4.69) is 14.9 Å². The van der Waals surface area contributed by atoms with Crippen molar-refractivity contribution in [2.24, 2.45) is 0 Å². The van der Waals surface area contributed by atoms with Crippen LogP contribution >= 0.6 is 0 Å².